The third kappa shape index (κ3) is 5.06. The van der Waals surface area contributed by atoms with Gasteiger partial charge in [-0.05, 0) is 55.5 Å². The smallest absolute Gasteiger partial charge is 0.243 e. The zero-order chi connectivity index (χ0) is 21.0. The van der Waals surface area contributed by atoms with Gasteiger partial charge in [-0.3, -0.25) is 4.79 Å². The molecule has 0 saturated carbocycles. The minimum Gasteiger partial charge on any atom is -0.495 e. The van der Waals surface area contributed by atoms with Gasteiger partial charge in [0.15, 0.2) is 0 Å². The average molecular weight is 455 g/mol. The molecule has 3 rings (SSSR count). The van der Waals surface area contributed by atoms with Crippen LogP contribution in [0.25, 0.3) is 0 Å². The summed E-state index contributed by atoms with van der Waals surface area (Å²) in [4.78, 5) is 13.9. The number of carbonyl (C=O) groups is 1. The van der Waals surface area contributed by atoms with Crippen molar-refractivity contribution < 1.29 is 17.9 Å². The first-order chi connectivity index (χ1) is 13.8. The van der Waals surface area contributed by atoms with E-state index in [4.69, 9.17) is 16.3 Å². The third-order valence-corrected chi connectivity index (χ3v) is 7.74. The highest BCUT2D eigenvalue weighted by atomic mass is 35.5. The minimum absolute atomic E-state index is 0.0945. The van der Waals surface area contributed by atoms with Gasteiger partial charge >= 0.3 is 0 Å². The fourth-order valence-corrected chi connectivity index (χ4v) is 5.61. The number of nitrogens with zero attached hydrogens (tertiary/aromatic N) is 1. The number of sulfonamides is 1. The van der Waals surface area contributed by atoms with Gasteiger partial charge in [-0.2, -0.15) is 4.31 Å². The summed E-state index contributed by atoms with van der Waals surface area (Å²) in [6.45, 7) is 0.512. The standard InChI is InChI=1S/C20H23ClN2O4S2/c1-27-19-9-8-17(12-18(19)21)29(25,26)23-10-4-5-14(13-23)20(24)22-15-6-3-7-16(11-15)28-2/h3,6-9,11-12,14H,4-5,10,13H2,1-2H3,(H,22,24)/t14-/m0/s1. The molecule has 0 aliphatic carbocycles. The number of anilines is 1. The molecule has 156 valence electrons. The van der Waals surface area contributed by atoms with Crippen LogP contribution in [0.2, 0.25) is 5.02 Å². The number of rotatable bonds is 6. The summed E-state index contributed by atoms with van der Waals surface area (Å²) in [5, 5.41) is 3.14. The first-order valence-electron chi connectivity index (χ1n) is 9.13. The predicted octanol–water partition coefficient (Wildman–Crippen LogP) is 4.11. The van der Waals surface area contributed by atoms with E-state index in [-0.39, 0.29) is 22.4 Å². The van der Waals surface area contributed by atoms with E-state index in [0.717, 1.165) is 4.90 Å². The van der Waals surface area contributed by atoms with Gasteiger partial charge in [0, 0.05) is 23.7 Å². The molecule has 1 aliphatic rings. The summed E-state index contributed by atoms with van der Waals surface area (Å²) in [7, 11) is -2.28. The number of ether oxygens (including phenoxy) is 1. The Kier molecular flexibility index (Phi) is 7.10. The summed E-state index contributed by atoms with van der Waals surface area (Å²) in [6.07, 6.45) is 3.23. The lowest BCUT2D eigenvalue weighted by molar-refractivity contribution is -0.120. The Bertz CT molecular complexity index is 998. The number of halogens is 1. The van der Waals surface area contributed by atoms with Crippen LogP contribution in [0, 0.1) is 5.92 Å². The van der Waals surface area contributed by atoms with Crippen molar-refractivity contribution in [2.75, 3.05) is 31.8 Å². The molecule has 1 amide bonds. The van der Waals surface area contributed by atoms with Gasteiger partial charge in [0.25, 0.3) is 0 Å². The van der Waals surface area contributed by atoms with Gasteiger partial charge < -0.3 is 10.1 Å². The topological polar surface area (TPSA) is 75.7 Å². The van der Waals surface area contributed by atoms with Gasteiger partial charge in [0.1, 0.15) is 5.75 Å². The zero-order valence-corrected chi connectivity index (χ0v) is 18.6. The van der Waals surface area contributed by atoms with E-state index >= 15 is 0 Å². The molecule has 1 aliphatic heterocycles. The maximum atomic E-state index is 13.0. The monoisotopic (exact) mass is 454 g/mol. The van der Waals surface area contributed by atoms with Crippen molar-refractivity contribution in [3.63, 3.8) is 0 Å². The van der Waals surface area contributed by atoms with Gasteiger partial charge in [-0.1, -0.05) is 17.7 Å². The Morgan fingerprint density at radius 2 is 2.07 bits per heavy atom. The molecule has 0 unspecified atom stereocenters. The summed E-state index contributed by atoms with van der Waals surface area (Å²) in [5.74, 6) is -0.171. The Hall–Kier alpha value is -1.74. The molecule has 2 aromatic carbocycles. The maximum absolute atomic E-state index is 13.0. The number of piperidine rings is 1. The molecule has 1 fully saturated rings. The van der Waals surface area contributed by atoms with E-state index in [9.17, 15) is 13.2 Å². The molecule has 2 aromatic rings. The largest absolute Gasteiger partial charge is 0.495 e. The van der Waals surface area contributed by atoms with Crippen molar-refractivity contribution >= 4 is 45.0 Å². The van der Waals surface area contributed by atoms with Crippen molar-refractivity contribution in [3.05, 3.63) is 47.5 Å². The molecule has 1 heterocycles. The van der Waals surface area contributed by atoms with Crippen LogP contribution in [0.3, 0.4) is 0 Å². The number of hydrogen-bond acceptors (Lipinski definition) is 5. The van der Waals surface area contributed by atoms with Crippen molar-refractivity contribution in [1.29, 1.82) is 0 Å². The van der Waals surface area contributed by atoms with Crippen molar-refractivity contribution in [2.45, 2.75) is 22.6 Å². The van der Waals surface area contributed by atoms with Crippen LogP contribution in [-0.2, 0) is 14.8 Å². The van der Waals surface area contributed by atoms with Crippen LogP contribution in [0.15, 0.2) is 52.3 Å². The van der Waals surface area contributed by atoms with E-state index in [0.29, 0.717) is 30.8 Å². The summed E-state index contributed by atoms with van der Waals surface area (Å²) in [5.41, 5.74) is 0.712. The molecular formula is C20H23ClN2O4S2. The van der Waals surface area contributed by atoms with E-state index in [1.54, 1.807) is 11.8 Å². The molecule has 0 bridgehead atoms. The molecule has 1 N–H and O–H groups in total. The first-order valence-corrected chi connectivity index (χ1v) is 12.2. The van der Waals surface area contributed by atoms with Crippen LogP contribution in [0.4, 0.5) is 5.69 Å². The second-order valence-electron chi connectivity index (χ2n) is 6.72. The quantitative estimate of drug-likeness (QED) is 0.665. The summed E-state index contributed by atoms with van der Waals surface area (Å²) in [6, 6.07) is 12.0. The SMILES string of the molecule is COc1ccc(S(=O)(=O)N2CCC[C@H](C(=O)Nc3cccc(SC)c3)C2)cc1Cl. The molecule has 1 atom stereocenters. The third-order valence-electron chi connectivity index (χ3n) is 4.85. The molecule has 9 heteroatoms. The Morgan fingerprint density at radius 3 is 2.76 bits per heavy atom. The van der Waals surface area contributed by atoms with Crippen LogP contribution >= 0.6 is 23.4 Å². The second-order valence-corrected chi connectivity index (χ2v) is 9.94. The normalized spacial score (nSPS) is 17.7. The predicted molar refractivity (Wildman–Crippen MR) is 116 cm³/mol. The minimum atomic E-state index is -3.75. The number of thioether (sulfide) groups is 1. The lowest BCUT2D eigenvalue weighted by atomic mass is 9.99. The van der Waals surface area contributed by atoms with E-state index in [1.807, 2.05) is 30.5 Å². The van der Waals surface area contributed by atoms with Gasteiger partial charge in [0.05, 0.1) is 22.9 Å². The Balaban J connectivity index is 1.73. The van der Waals surface area contributed by atoms with Crippen LogP contribution in [-0.4, -0.2) is 45.1 Å². The van der Waals surface area contributed by atoms with Gasteiger partial charge in [-0.25, -0.2) is 8.42 Å². The lowest BCUT2D eigenvalue weighted by Gasteiger charge is -2.31. The second kappa shape index (κ2) is 9.38. The number of carbonyl (C=O) groups excluding carboxylic acids is 1. The Morgan fingerprint density at radius 1 is 1.28 bits per heavy atom. The van der Waals surface area contributed by atoms with Gasteiger partial charge in [-0.15, -0.1) is 11.8 Å². The van der Waals surface area contributed by atoms with Gasteiger partial charge in [0.2, 0.25) is 15.9 Å². The Labute approximate surface area is 180 Å². The number of benzene rings is 2. The summed E-state index contributed by atoms with van der Waals surface area (Å²) < 4.78 is 32.5. The van der Waals surface area contributed by atoms with Crippen molar-refractivity contribution in [2.24, 2.45) is 5.92 Å². The molecule has 6 nitrogen and oxygen atoms in total. The zero-order valence-electron chi connectivity index (χ0n) is 16.2. The summed E-state index contributed by atoms with van der Waals surface area (Å²) >= 11 is 7.69. The highest BCUT2D eigenvalue weighted by Gasteiger charge is 2.33. The molecule has 29 heavy (non-hydrogen) atoms. The van der Waals surface area contributed by atoms with E-state index < -0.39 is 15.9 Å². The highest BCUT2D eigenvalue weighted by Crippen LogP contribution is 2.30. The van der Waals surface area contributed by atoms with Crippen molar-refractivity contribution in [1.82, 2.24) is 4.31 Å². The van der Waals surface area contributed by atoms with E-state index in [2.05, 4.69) is 5.32 Å². The number of methoxy groups -OCH3 is 1. The van der Waals surface area contributed by atoms with Crippen LogP contribution < -0.4 is 10.1 Å². The van der Waals surface area contributed by atoms with Crippen LogP contribution in [0.1, 0.15) is 12.8 Å². The number of nitrogens with one attached hydrogen (secondary N) is 1. The maximum Gasteiger partial charge on any atom is 0.243 e. The number of hydrogen-bond donors (Lipinski definition) is 1. The lowest BCUT2D eigenvalue weighted by Crippen LogP contribution is -2.43. The molecule has 0 radical (unpaired) electrons. The molecule has 0 aromatic heterocycles. The highest BCUT2D eigenvalue weighted by molar-refractivity contribution is 7.98. The van der Waals surface area contributed by atoms with Crippen molar-refractivity contribution in [3.8, 4) is 5.75 Å². The fourth-order valence-electron chi connectivity index (χ4n) is 3.28. The number of amides is 1. The van der Waals surface area contributed by atoms with Crippen LogP contribution in [0.5, 0.6) is 5.75 Å². The molecule has 1 saturated heterocycles. The van der Waals surface area contributed by atoms with E-state index in [1.165, 1.54) is 29.6 Å². The fraction of sp³-hybridized carbons (Fsp3) is 0.350. The molecule has 0 spiro atoms. The first kappa shape index (κ1) is 22.0. The molecular weight excluding hydrogens is 432 g/mol. The average Bonchev–Trinajstić information content (AvgIpc) is 2.73.